The average molecular weight is 365 g/mol. The number of benzene rings is 2. The van der Waals surface area contributed by atoms with Crippen LogP contribution in [0.15, 0.2) is 48.7 Å². The van der Waals surface area contributed by atoms with E-state index in [9.17, 15) is 9.18 Å². The summed E-state index contributed by atoms with van der Waals surface area (Å²) in [5.74, 6) is -0.465. The number of hydrogen-bond acceptors (Lipinski definition) is 3. The van der Waals surface area contributed by atoms with Gasteiger partial charge in [-0.25, -0.2) is 9.07 Å². The summed E-state index contributed by atoms with van der Waals surface area (Å²) in [6.07, 6.45) is 1.56. The Bertz CT molecular complexity index is 993. The molecule has 0 aliphatic carbocycles. The molecular formula is C21H20FN3O2. The summed E-state index contributed by atoms with van der Waals surface area (Å²) in [4.78, 5) is 12.9. The number of amides is 1. The Morgan fingerprint density at radius 2 is 1.89 bits per heavy atom. The molecule has 0 radical (unpaired) electrons. The molecule has 4 rings (SSSR count). The standard InChI is InChI=1S/C21H20FN3O2/c1-13(2)20-19(10-23-25(20)18-7-4-16(22)5-8-18)21(26)24-17-6-3-14-11-27-12-15(14)9-17/h3-10,13H,11-12H2,1-2H3,(H,24,26). The molecular weight excluding hydrogens is 345 g/mol. The van der Waals surface area contributed by atoms with Gasteiger partial charge in [-0.15, -0.1) is 0 Å². The number of hydrogen-bond donors (Lipinski definition) is 1. The molecule has 3 aromatic rings. The fourth-order valence-corrected chi connectivity index (χ4v) is 3.32. The molecule has 1 aromatic heterocycles. The second-order valence-electron chi connectivity index (χ2n) is 6.92. The van der Waals surface area contributed by atoms with Gasteiger partial charge in [0.05, 0.1) is 36.4 Å². The predicted octanol–water partition coefficient (Wildman–Crippen LogP) is 4.42. The highest BCUT2D eigenvalue weighted by Gasteiger charge is 2.21. The zero-order valence-corrected chi connectivity index (χ0v) is 15.2. The van der Waals surface area contributed by atoms with Crippen LogP contribution >= 0.6 is 0 Å². The highest BCUT2D eigenvalue weighted by atomic mass is 19.1. The summed E-state index contributed by atoms with van der Waals surface area (Å²) in [5, 5.41) is 7.32. The van der Waals surface area contributed by atoms with Gasteiger partial charge in [-0.05, 0) is 53.4 Å². The van der Waals surface area contributed by atoms with Crippen LogP contribution in [0.4, 0.5) is 10.1 Å². The fraction of sp³-hybridized carbons (Fsp3) is 0.238. The average Bonchev–Trinajstić information content (AvgIpc) is 3.28. The first-order chi connectivity index (χ1) is 13.0. The molecule has 6 heteroatoms. The number of ether oxygens (including phenoxy) is 1. The first kappa shape index (κ1) is 17.4. The summed E-state index contributed by atoms with van der Waals surface area (Å²) in [6, 6.07) is 11.9. The van der Waals surface area contributed by atoms with Crippen LogP contribution in [0, 0.1) is 5.82 Å². The summed E-state index contributed by atoms with van der Waals surface area (Å²) in [5.41, 5.74) is 4.98. The van der Waals surface area contributed by atoms with Crippen LogP contribution in [0.1, 0.15) is 46.9 Å². The van der Waals surface area contributed by atoms with Gasteiger partial charge in [0.1, 0.15) is 5.82 Å². The predicted molar refractivity (Wildman–Crippen MR) is 100 cm³/mol. The number of nitrogens with one attached hydrogen (secondary N) is 1. The van der Waals surface area contributed by atoms with Crippen molar-refractivity contribution in [1.29, 1.82) is 0 Å². The number of carbonyl (C=O) groups excluding carboxylic acids is 1. The quantitative estimate of drug-likeness (QED) is 0.745. The lowest BCUT2D eigenvalue weighted by molar-refractivity contribution is 0.102. The van der Waals surface area contributed by atoms with Gasteiger partial charge in [0, 0.05) is 5.69 Å². The Hall–Kier alpha value is -2.99. The van der Waals surface area contributed by atoms with Gasteiger partial charge < -0.3 is 10.1 Å². The van der Waals surface area contributed by atoms with E-state index < -0.39 is 0 Å². The molecule has 0 fully saturated rings. The summed E-state index contributed by atoms with van der Waals surface area (Å²) in [6.45, 7) is 5.19. The minimum absolute atomic E-state index is 0.0618. The third-order valence-electron chi connectivity index (χ3n) is 4.65. The molecule has 2 heterocycles. The van der Waals surface area contributed by atoms with Crippen molar-refractivity contribution in [3.63, 3.8) is 0 Å². The normalized spacial score (nSPS) is 13.0. The molecule has 1 aliphatic heterocycles. The third kappa shape index (κ3) is 3.36. The lowest BCUT2D eigenvalue weighted by Crippen LogP contribution is -2.15. The molecule has 0 atom stereocenters. The number of carbonyl (C=O) groups is 1. The van der Waals surface area contributed by atoms with Crippen molar-refractivity contribution < 1.29 is 13.9 Å². The van der Waals surface area contributed by atoms with Gasteiger partial charge in [-0.3, -0.25) is 4.79 Å². The third-order valence-corrected chi connectivity index (χ3v) is 4.65. The van der Waals surface area contributed by atoms with Crippen molar-refractivity contribution in [3.05, 3.63) is 76.9 Å². The number of rotatable bonds is 4. The van der Waals surface area contributed by atoms with E-state index in [1.807, 2.05) is 32.0 Å². The van der Waals surface area contributed by atoms with Crippen molar-refractivity contribution in [2.45, 2.75) is 33.0 Å². The van der Waals surface area contributed by atoms with Crippen LogP contribution in [0.25, 0.3) is 5.69 Å². The molecule has 0 bridgehead atoms. The Kier molecular flexibility index (Phi) is 4.49. The molecule has 1 N–H and O–H groups in total. The van der Waals surface area contributed by atoms with E-state index in [2.05, 4.69) is 10.4 Å². The van der Waals surface area contributed by atoms with Gasteiger partial charge >= 0.3 is 0 Å². The molecule has 0 unspecified atom stereocenters. The maximum Gasteiger partial charge on any atom is 0.259 e. The second-order valence-corrected chi connectivity index (χ2v) is 6.92. The van der Waals surface area contributed by atoms with Crippen LogP contribution in [-0.4, -0.2) is 15.7 Å². The molecule has 0 saturated carbocycles. The molecule has 0 spiro atoms. The van der Waals surface area contributed by atoms with Crippen LogP contribution in [0.3, 0.4) is 0 Å². The van der Waals surface area contributed by atoms with E-state index in [-0.39, 0.29) is 17.6 Å². The summed E-state index contributed by atoms with van der Waals surface area (Å²) >= 11 is 0. The van der Waals surface area contributed by atoms with Crippen LogP contribution in [-0.2, 0) is 18.0 Å². The topological polar surface area (TPSA) is 56.1 Å². The van der Waals surface area contributed by atoms with Crippen molar-refractivity contribution in [2.24, 2.45) is 0 Å². The maximum atomic E-state index is 13.2. The lowest BCUT2D eigenvalue weighted by Gasteiger charge is -2.13. The van der Waals surface area contributed by atoms with Gasteiger partial charge in [-0.1, -0.05) is 19.9 Å². The molecule has 1 aliphatic rings. The van der Waals surface area contributed by atoms with Crippen LogP contribution in [0.2, 0.25) is 0 Å². The summed E-state index contributed by atoms with van der Waals surface area (Å²) in [7, 11) is 0. The maximum absolute atomic E-state index is 13.2. The number of fused-ring (bicyclic) bond motifs is 1. The van der Waals surface area contributed by atoms with Gasteiger partial charge in [0.25, 0.3) is 5.91 Å². The molecule has 1 amide bonds. The molecule has 0 saturated heterocycles. The zero-order chi connectivity index (χ0) is 19.0. The largest absolute Gasteiger partial charge is 0.372 e. The van der Waals surface area contributed by atoms with Crippen molar-refractivity contribution in [1.82, 2.24) is 9.78 Å². The van der Waals surface area contributed by atoms with Gasteiger partial charge in [0.2, 0.25) is 0 Å². The first-order valence-corrected chi connectivity index (χ1v) is 8.87. The van der Waals surface area contributed by atoms with Crippen molar-refractivity contribution in [2.75, 3.05) is 5.32 Å². The van der Waals surface area contributed by atoms with E-state index in [1.165, 1.54) is 12.1 Å². The van der Waals surface area contributed by atoms with Crippen molar-refractivity contribution >= 4 is 11.6 Å². The fourth-order valence-electron chi connectivity index (χ4n) is 3.32. The number of halogens is 1. The Labute approximate surface area is 156 Å². The minimum atomic E-state index is -0.310. The van der Waals surface area contributed by atoms with Gasteiger partial charge in [0.15, 0.2) is 0 Å². The highest BCUT2D eigenvalue weighted by molar-refractivity contribution is 6.05. The second kappa shape index (κ2) is 6.96. The monoisotopic (exact) mass is 365 g/mol. The lowest BCUT2D eigenvalue weighted by atomic mass is 10.0. The Morgan fingerprint density at radius 3 is 2.63 bits per heavy atom. The zero-order valence-electron chi connectivity index (χ0n) is 15.2. The smallest absolute Gasteiger partial charge is 0.259 e. The van der Waals surface area contributed by atoms with Crippen LogP contribution < -0.4 is 5.32 Å². The number of anilines is 1. The first-order valence-electron chi connectivity index (χ1n) is 8.87. The van der Waals surface area contributed by atoms with E-state index in [0.717, 1.165) is 22.5 Å². The summed E-state index contributed by atoms with van der Waals surface area (Å²) < 4.78 is 20.3. The highest BCUT2D eigenvalue weighted by Crippen LogP contribution is 2.26. The molecule has 5 nitrogen and oxygen atoms in total. The van der Waals surface area contributed by atoms with E-state index in [0.29, 0.717) is 24.5 Å². The van der Waals surface area contributed by atoms with E-state index in [4.69, 9.17) is 4.74 Å². The van der Waals surface area contributed by atoms with Gasteiger partial charge in [-0.2, -0.15) is 5.10 Å². The van der Waals surface area contributed by atoms with E-state index >= 15 is 0 Å². The molecule has 138 valence electrons. The number of nitrogens with zero attached hydrogens (tertiary/aromatic N) is 2. The molecule has 27 heavy (non-hydrogen) atoms. The Balaban J connectivity index is 1.65. The van der Waals surface area contributed by atoms with E-state index in [1.54, 1.807) is 23.0 Å². The SMILES string of the molecule is CC(C)c1c(C(=O)Nc2ccc3c(c2)COC3)cnn1-c1ccc(F)cc1. The minimum Gasteiger partial charge on any atom is -0.372 e. The molecule has 2 aromatic carbocycles. The Morgan fingerprint density at radius 1 is 1.15 bits per heavy atom. The van der Waals surface area contributed by atoms with Crippen molar-refractivity contribution in [3.8, 4) is 5.69 Å². The number of aromatic nitrogens is 2. The van der Waals surface area contributed by atoms with Crippen LogP contribution in [0.5, 0.6) is 0 Å².